The molecular weight excluding hydrogens is 465 g/mol. The van der Waals surface area contributed by atoms with Crippen LogP contribution in [0.2, 0.25) is 0 Å². The summed E-state index contributed by atoms with van der Waals surface area (Å²) < 4.78 is 26.0. The Hall–Kier alpha value is -3.46. The number of ether oxygens (including phenoxy) is 2. The molecule has 0 spiro atoms. The maximum atomic E-state index is 13.8. The topological polar surface area (TPSA) is 97.0 Å². The quantitative estimate of drug-likeness (QED) is 0.637. The summed E-state index contributed by atoms with van der Waals surface area (Å²) in [5.41, 5.74) is 1.35. The molecule has 0 aliphatic carbocycles. The summed E-state index contributed by atoms with van der Waals surface area (Å²) in [6, 6.07) is 11.1. The van der Waals surface area contributed by atoms with Crippen molar-refractivity contribution in [1.29, 1.82) is 0 Å². The predicted molar refractivity (Wildman–Crippen MR) is 132 cm³/mol. The Balaban J connectivity index is 1.39. The Labute approximate surface area is 210 Å². The Morgan fingerprint density at radius 2 is 1.94 bits per heavy atom. The molecular formula is C27H32FN3O5. The zero-order valence-electron chi connectivity index (χ0n) is 20.8. The molecule has 2 N–H and O–H groups in total. The summed E-state index contributed by atoms with van der Waals surface area (Å²) in [5.74, 6) is -0.697. The lowest BCUT2D eigenvalue weighted by atomic mass is 9.94. The van der Waals surface area contributed by atoms with E-state index >= 15 is 0 Å². The Morgan fingerprint density at radius 1 is 1.17 bits per heavy atom. The SMILES string of the molecule is CC(C)C(=O)Nc1ccc2c(c1)C(=O)N(C)[C@@H]1CC[C@@H](CC(=O)NCc3ccccc3F)O[C@H]1CO2. The predicted octanol–water partition coefficient (Wildman–Crippen LogP) is 3.51. The van der Waals surface area contributed by atoms with Gasteiger partial charge in [0, 0.05) is 30.8 Å². The number of hydrogen-bond donors (Lipinski definition) is 2. The van der Waals surface area contributed by atoms with E-state index in [2.05, 4.69) is 10.6 Å². The number of fused-ring (bicyclic) bond motifs is 2. The van der Waals surface area contributed by atoms with Crippen molar-refractivity contribution in [2.24, 2.45) is 5.92 Å². The number of rotatable bonds is 6. The average Bonchev–Trinajstić information content (AvgIpc) is 2.86. The Morgan fingerprint density at radius 3 is 2.69 bits per heavy atom. The van der Waals surface area contributed by atoms with Gasteiger partial charge in [-0.25, -0.2) is 4.39 Å². The number of halogens is 1. The molecule has 0 unspecified atom stereocenters. The molecule has 1 fully saturated rings. The lowest BCUT2D eigenvalue weighted by Gasteiger charge is -2.42. The molecule has 2 aliphatic heterocycles. The molecule has 3 amide bonds. The first-order valence-electron chi connectivity index (χ1n) is 12.2. The van der Waals surface area contributed by atoms with Gasteiger partial charge in [-0.3, -0.25) is 14.4 Å². The van der Waals surface area contributed by atoms with Crippen LogP contribution in [0.25, 0.3) is 0 Å². The van der Waals surface area contributed by atoms with Crippen LogP contribution in [-0.2, 0) is 20.9 Å². The Bertz CT molecular complexity index is 1140. The smallest absolute Gasteiger partial charge is 0.257 e. The molecule has 2 aliphatic rings. The summed E-state index contributed by atoms with van der Waals surface area (Å²) in [6.07, 6.45) is 0.673. The highest BCUT2D eigenvalue weighted by Crippen LogP contribution is 2.32. The third-order valence-electron chi connectivity index (χ3n) is 6.65. The van der Waals surface area contributed by atoms with Crippen LogP contribution < -0.4 is 15.4 Å². The summed E-state index contributed by atoms with van der Waals surface area (Å²) in [5, 5.41) is 5.57. The van der Waals surface area contributed by atoms with Crippen LogP contribution in [0.15, 0.2) is 42.5 Å². The van der Waals surface area contributed by atoms with E-state index in [0.29, 0.717) is 35.4 Å². The molecule has 0 saturated carbocycles. The first kappa shape index (κ1) is 25.6. The van der Waals surface area contributed by atoms with E-state index in [4.69, 9.17) is 9.47 Å². The van der Waals surface area contributed by atoms with Gasteiger partial charge < -0.3 is 25.0 Å². The van der Waals surface area contributed by atoms with Gasteiger partial charge in [0.25, 0.3) is 5.91 Å². The summed E-state index contributed by atoms with van der Waals surface area (Å²) in [6.45, 7) is 3.93. The normalized spacial score (nSPS) is 21.5. The van der Waals surface area contributed by atoms with Gasteiger partial charge in [-0.05, 0) is 37.1 Å². The monoisotopic (exact) mass is 497 g/mol. The van der Waals surface area contributed by atoms with E-state index < -0.39 is 6.10 Å². The van der Waals surface area contributed by atoms with E-state index in [1.54, 1.807) is 62.2 Å². The molecule has 4 rings (SSSR count). The minimum Gasteiger partial charge on any atom is -0.490 e. The molecule has 192 valence electrons. The Kier molecular flexibility index (Phi) is 7.88. The van der Waals surface area contributed by atoms with Crippen LogP contribution in [-0.4, -0.2) is 54.5 Å². The van der Waals surface area contributed by atoms with Crippen LogP contribution in [0.4, 0.5) is 10.1 Å². The van der Waals surface area contributed by atoms with Crippen LogP contribution in [0.5, 0.6) is 5.75 Å². The second-order valence-electron chi connectivity index (χ2n) is 9.60. The number of benzene rings is 2. The first-order chi connectivity index (χ1) is 17.2. The lowest BCUT2D eigenvalue weighted by Crippen LogP contribution is -2.53. The van der Waals surface area contributed by atoms with Crippen molar-refractivity contribution < 1.29 is 28.2 Å². The molecule has 36 heavy (non-hydrogen) atoms. The second kappa shape index (κ2) is 11.1. The van der Waals surface area contributed by atoms with Crippen LogP contribution in [0, 0.1) is 11.7 Å². The van der Waals surface area contributed by atoms with E-state index in [9.17, 15) is 18.8 Å². The number of likely N-dealkylation sites (N-methyl/N-ethyl adjacent to an activating group) is 1. The van der Waals surface area contributed by atoms with Gasteiger partial charge in [0.2, 0.25) is 11.8 Å². The van der Waals surface area contributed by atoms with Gasteiger partial charge >= 0.3 is 0 Å². The van der Waals surface area contributed by atoms with Gasteiger partial charge in [0.15, 0.2) is 0 Å². The third-order valence-corrected chi connectivity index (χ3v) is 6.65. The van der Waals surface area contributed by atoms with Gasteiger partial charge in [-0.1, -0.05) is 32.0 Å². The minimum atomic E-state index is -0.398. The van der Waals surface area contributed by atoms with Crippen molar-refractivity contribution in [2.75, 3.05) is 19.0 Å². The van der Waals surface area contributed by atoms with E-state index in [1.807, 2.05) is 0 Å². The number of carbonyl (C=O) groups is 3. The number of carbonyl (C=O) groups excluding carboxylic acids is 3. The van der Waals surface area contributed by atoms with Gasteiger partial charge in [0.05, 0.1) is 24.1 Å². The highest BCUT2D eigenvalue weighted by molar-refractivity contribution is 6.00. The number of hydrogen-bond acceptors (Lipinski definition) is 5. The maximum Gasteiger partial charge on any atom is 0.257 e. The van der Waals surface area contributed by atoms with Crippen molar-refractivity contribution >= 4 is 23.4 Å². The number of nitrogens with zero attached hydrogens (tertiary/aromatic N) is 1. The van der Waals surface area contributed by atoms with E-state index in [1.165, 1.54) is 6.07 Å². The summed E-state index contributed by atoms with van der Waals surface area (Å²) >= 11 is 0. The molecule has 0 aromatic heterocycles. The molecule has 0 radical (unpaired) electrons. The van der Waals surface area contributed by atoms with Gasteiger partial charge in [0.1, 0.15) is 24.3 Å². The van der Waals surface area contributed by atoms with Crippen LogP contribution in [0.1, 0.15) is 49.0 Å². The fraction of sp³-hybridized carbons (Fsp3) is 0.444. The first-order valence-corrected chi connectivity index (χ1v) is 12.2. The largest absolute Gasteiger partial charge is 0.490 e. The van der Waals surface area contributed by atoms with Gasteiger partial charge in [-0.15, -0.1) is 0 Å². The zero-order valence-corrected chi connectivity index (χ0v) is 20.8. The van der Waals surface area contributed by atoms with Crippen molar-refractivity contribution in [1.82, 2.24) is 10.2 Å². The van der Waals surface area contributed by atoms with Crippen LogP contribution >= 0.6 is 0 Å². The average molecular weight is 498 g/mol. The van der Waals surface area contributed by atoms with Crippen molar-refractivity contribution in [2.45, 2.75) is 57.9 Å². The molecule has 1 saturated heterocycles. The van der Waals surface area contributed by atoms with Crippen molar-refractivity contribution in [3.8, 4) is 5.75 Å². The lowest BCUT2D eigenvalue weighted by molar-refractivity contribution is -0.134. The van der Waals surface area contributed by atoms with Crippen LogP contribution in [0.3, 0.4) is 0 Å². The fourth-order valence-electron chi connectivity index (χ4n) is 4.51. The molecule has 2 heterocycles. The molecule has 2 aromatic carbocycles. The zero-order chi connectivity index (χ0) is 25.8. The second-order valence-corrected chi connectivity index (χ2v) is 9.60. The summed E-state index contributed by atoms with van der Waals surface area (Å²) in [4.78, 5) is 39.5. The minimum absolute atomic E-state index is 0.112. The molecule has 2 aromatic rings. The maximum absolute atomic E-state index is 13.8. The van der Waals surface area contributed by atoms with E-state index in [-0.39, 0.29) is 61.2 Å². The highest BCUT2D eigenvalue weighted by Gasteiger charge is 2.39. The molecule has 9 heteroatoms. The number of anilines is 1. The molecule has 0 bridgehead atoms. The third kappa shape index (κ3) is 5.84. The standard InChI is InChI=1S/C27H32FN3O5/c1-16(2)26(33)30-18-8-11-23-20(12-18)27(34)31(3)22-10-9-19(36-24(22)15-35-23)13-25(32)29-14-17-6-4-5-7-21(17)28/h4-8,11-12,16,19,22,24H,9-10,13-15H2,1-3H3,(H,29,32)(H,30,33)/t19-,22+,24-/m0/s1. The molecule has 3 atom stereocenters. The van der Waals surface area contributed by atoms with E-state index in [0.717, 1.165) is 0 Å². The van der Waals surface area contributed by atoms with Gasteiger partial charge in [-0.2, -0.15) is 0 Å². The summed E-state index contributed by atoms with van der Waals surface area (Å²) in [7, 11) is 1.74. The highest BCUT2D eigenvalue weighted by atomic mass is 19.1. The van der Waals surface area contributed by atoms with Crippen molar-refractivity contribution in [3.05, 3.63) is 59.4 Å². The number of nitrogens with one attached hydrogen (secondary N) is 2. The number of amides is 3. The fourth-order valence-corrected chi connectivity index (χ4v) is 4.51. The van der Waals surface area contributed by atoms with Crippen molar-refractivity contribution in [3.63, 3.8) is 0 Å². The molecule has 8 nitrogen and oxygen atoms in total.